The van der Waals surface area contributed by atoms with Crippen LogP contribution in [0, 0.1) is 23.7 Å². The summed E-state index contributed by atoms with van der Waals surface area (Å²) in [5.41, 5.74) is 2.93. The summed E-state index contributed by atoms with van der Waals surface area (Å²) in [5, 5.41) is 9.71. The lowest BCUT2D eigenvalue weighted by atomic mass is 9.56. The van der Waals surface area contributed by atoms with Gasteiger partial charge in [0.25, 0.3) is 0 Å². The molecule has 2 aliphatic carbocycles. The summed E-state index contributed by atoms with van der Waals surface area (Å²) >= 11 is 0. The van der Waals surface area contributed by atoms with Gasteiger partial charge in [0.05, 0.1) is 0 Å². The predicted octanol–water partition coefficient (Wildman–Crippen LogP) is 4.74. The lowest BCUT2D eigenvalue weighted by Gasteiger charge is -2.48. The molecule has 0 aliphatic heterocycles. The molecule has 0 heterocycles. The van der Waals surface area contributed by atoms with Gasteiger partial charge in [0.2, 0.25) is 0 Å². The van der Waals surface area contributed by atoms with Gasteiger partial charge in [-0.05, 0) is 72.1 Å². The van der Waals surface area contributed by atoms with Crippen LogP contribution >= 0.6 is 0 Å². The highest BCUT2D eigenvalue weighted by Gasteiger charge is 2.43. The normalized spacial score (nSPS) is 37.5. The van der Waals surface area contributed by atoms with E-state index in [1.165, 1.54) is 30.4 Å². The van der Waals surface area contributed by atoms with Gasteiger partial charge >= 0.3 is 0 Å². The third kappa shape index (κ3) is 2.07. The maximum atomic E-state index is 9.71. The molecular weight excluding hydrogens is 232 g/mol. The Morgan fingerprint density at radius 1 is 1.16 bits per heavy atom. The molecule has 1 N–H and O–H groups in total. The molecule has 0 aromatic heterocycles. The molecule has 0 bridgehead atoms. The van der Waals surface area contributed by atoms with Crippen molar-refractivity contribution in [3.05, 3.63) is 29.3 Å². The van der Waals surface area contributed by atoms with Crippen molar-refractivity contribution < 1.29 is 5.11 Å². The number of hydrogen-bond acceptors (Lipinski definition) is 1. The Morgan fingerprint density at radius 3 is 2.68 bits per heavy atom. The predicted molar refractivity (Wildman–Crippen MR) is 79.4 cm³/mol. The number of aromatic hydroxyl groups is 1. The Bertz CT molecular complexity index is 465. The van der Waals surface area contributed by atoms with Gasteiger partial charge in [-0.25, -0.2) is 0 Å². The molecule has 0 radical (unpaired) electrons. The summed E-state index contributed by atoms with van der Waals surface area (Å²) in [7, 11) is 0. The summed E-state index contributed by atoms with van der Waals surface area (Å²) in [5.74, 6) is 4.54. The molecule has 2 aliphatic rings. The molecule has 104 valence electrons. The van der Waals surface area contributed by atoms with E-state index in [4.69, 9.17) is 0 Å². The second kappa shape index (κ2) is 4.85. The maximum Gasteiger partial charge on any atom is 0.115 e. The van der Waals surface area contributed by atoms with Gasteiger partial charge in [-0.3, -0.25) is 0 Å². The van der Waals surface area contributed by atoms with Crippen LogP contribution in [-0.2, 0) is 6.42 Å². The zero-order valence-electron chi connectivity index (χ0n) is 12.4. The highest BCUT2D eigenvalue weighted by molar-refractivity contribution is 5.40. The lowest BCUT2D eigenvalue weighted by molar-refractivity contribution is 0.0792. The van der Waals surface area contributed by atoms with E-state index in [0.717, 1.165) is 36.0 Å². The number of phenols is 1. The second-order valence-corrected chi connectivity index (χ2v) is 6.88. The first-order valence-electron chi connectivity index (χ1n) is 7.93. The van der Waals surface area contributed by atoms with Crippen LogP contribution in [0.1, 0.15) is 57.1 Å². The number of rotatable bonds is 1. The molecule has 5 atom stereocenters. The van der Waals surface area contributed by atoms with Crippen LogP contribution in [0.3, 0.4) is 0 Å². The van der Waals surface area contributed by atoms with E-state index in [2.05, 4.69) is 26.8 Å². The van der Waals surface area contributed by atoms with Crippen molar-refractivity contribution in [2.24, 2.45) is 23.7 Å². The monoisotopic (exact) mass is 258 g/mol. The molecule has 0 saturated heterocycles. The third-order valence-corrected chi connectivity index (χ3v) is 5.82. The van der Waals surface area contributed by atoms with Gasteiger partial charge in [0, 0.05) is 0 Å². The Hall–Kier alpha value is -0.980. The van der Waals surface area contributed by atoms with E-state index in [1.807, 2.05) is 12.1 Å². The Balaban J connectivity index is 2.01. The van der Waals surface area contributed by atoms with E-state index in [-0.39, 0.29) is 0 Å². The van der Waals surface area contributed by atoms with Crippen LogP contribution in [0.25, 0.3) is 0 Å². The molecule has 4 unspecified atom stereocenters. The summed E-state index contributed by atoms with van der Waals surface area (Å²) in [6, 6.07) is 6.07. The zero-order valence-corrected chi connectivity index (χ0v) is 12.4. The standard InChI is InChI=1S/C18H26O/c1-4-15-11(2)5-7-17-16-8-6-14(19)10-13(16)9-12(3)18(15)17/h6,8,10-12,15,17-19H,4-5,7,9H2,1-3H3/t11?,12-,15?,17?,18?/m1/s1. The van der Waals surface area contributed by atoms with E-state index >= 15 is 0 Å². The fourth-order valence-electron chi connectivity index (χ4n) is 5.00. The summed E-state index contributed by atoms with van der Waals surface area (Å²) in [6.45, 7) is 7.23. The van der Waals surface area contributed by atoms with Gasteiger partial charge in [-0.1, -0.05) is 33.3 Å². The Labute approximate surface area is 117 Å². The quantitative estimate of drug-likeness (QED) is 0.771. The van der Waals surface area contributed by atoms with Crippen molar-refractivity contribution in [2.45, 2.75) is 52.4 Å². The van der Waals surface area contributed by atoms with Crippen molar-refractivity contribution in [1.82, 2.24) is 0 Å². The molecule has 0 amide bonds. The SMILES string of the molecule is CCC1C(C)CCC2c3ccc(O)cc3C[C@@H](C)C21. The first-order chi connectivity index (χ1) is 9.11. The van der Waals surface area contributed by atoms with Crippen molar-refractivity contribution in [2.75, 3.05) is 0 Å². The van der Waals surface area contributed by atoms with Crippen LogP contribution in [-0.4, -0.2) is 5.11 Å². The molecule has 1 saturated carbocycles. The minimum absolute atomic E-state index is 0.431. The summed E-state index contributed by atoms with van der Waals surface area (Å²) < 4.78 is 0. The first-order valence-corrected chi connectivity index (χ1v) is 7.93. The van der Waals surface area contributed by atoms with Crippen LogP contribution in [0.5, 0.6) is 5.75 Å². The topological polar surface area (TPSA) is 20.2 Å². The van der Waals surface area contributed by atoms with Crippen LogP contribution in [0.2, 0.25) is 0 Å². The van der Waals surface area contributed by atoms with Crippen LogP contribution in [0.15, 0.2) is 18.2 Å². The molecule has 1 aromatic rings. The van der Waals surface area contributed by atoms with Crippen LogP contribution in [0.4, 0.5) is 0 Å². The maximum absolute atomic E-state index is 9.71. The van der Waals surface area contributed by atoms with Gasteiger partial charge < -0.3 is 5.11 Å². The van der Waals surface area contributed by atoms with E-state index in [9.17, 15) is 5.11 Å². The van der Waals surface area contributed by atoms with Gasteiger partial charge in [-0.2, -0.15) is 0 Å². The Kier molecular flexibility index (Phi) is 3.32. The lowest BCUT2D eigenvalue weighted by Crippen LogP contribution is -2.39. The number of benzene rings is 1. The van der Waals surface area contributed by atoms with E-state index in [1.54, 1.807) is 0 Å². The highest BCUT2D eigenvalue weighted by Crippen LogP contribution is 2.53. The van der Waals surface area contributed by atoms with Gasteiger partial charge in [0.15, 0.2) is 0 Å². The fourth-order valence-corrected chi connectivity index (χ4v) is 5.00. The average molecular weight is 258 g/mol. The highest BCUT2D eigenvalue weighted by atomic mass is 16.3. The van der Waals surface area contributed by atoms with Gasteiger partial charge in [-0.15, -0.1) is 0 Å². The summed E-state index contributed by atoms with van der Waals surface area (Å²) in [4.78, 5) is 0. The molecule has 1 heteroatoms. The molecule has 3 rings (SSSR count). The first kappa shape index (κ1) is 13.0. The largest absolute Gasteiger partial charge is 0.508 e. The van der Waals surface area contributed by atoms with Crippen molar-refractivity contribution in [3.63, 3.8) is 0 Å². The van der Waals surface area contributed by atoms with E-state index in [0.29, 0.717) is 5.75 Å². The Morgan fingerprint density at radius 2 is 1.95 bits per heavy atom. The third-order valence-electron chi connectivity index (χ3n) is 5.82. The van der Waals surface area contributed by atoms with Crippen molar-refractivity contribution in [1.29, 1.82) is 0 Å². The second-order valence-electron chi connectivity index (χ2n) is 6.88. The average Bonchev–Trinajstić information content (AvgIpc) is 2.38. The number of fused-ring (bicyclic) bond motifs is 3. The van der Waals surface area contributed by atoms with E-state index < -0.39 is 0 Å². The number of phenolic OH excluding ortho intramolecular Hbond substituents is 1. The minimum atomic E-state index is 0.431. The van der Waals surface area contributed by atoms with Crippen molar-refractivity contribution in [3.8, 4) is 5.75 Å². The van der Waals surface area contributed by atoms with Gasteiger partial charge in [0.1, 0.15) is 5.75 Å². The molecule has 0 spiro atoms. The molecular formula is C18H26O. The molecule has 1 nitrogen and oxygen atoms in total. The van der Waals surface area contributed by atoms with Crippen molar-refractivity contribution >= 4 is 0 Å². The fraction of sp³-hybridized carbons (Fsp3) is 0.667. The summed E-state index contributed by atoms with van der Waals surface area (Å²) in [6.07, 6.45) is 5.17. The number of hydrogen-bond donors (Lipinski definition) is 1. The smallest absolute Gasteiger partial charge is 0.115 e. The van der Waals surface area contributed by atoms with Crippen LogP contribution < -0.4 is 0 Å². The molecule has 1 aromatic carbocycles. The minimum Gasteiger partial charge on any atom is -0.508 e. The zero-order chi connectivity index (χ0) is 13.6. The molecule has 19 heavy (non-hydrogen) atoms. The molecule has 1 fully saturated rings.